The minimum Gasteiger partial charge on any atom is -0.341 e. The SMILES string of the molecule is CN(CC(C)(C)C)C(=O)c1cc(F)ccc1S(N)(=O)=O. The van der Waals surface area contributed by atoms with Crippen molar-refractivity contribution in [2.45, 2.75) is 25.7 Å². The van der Waals surface area contributed by atoms with E-state index in [2.05, 4.69) is 0 Å². The zero-order valence-electron chi connectivity index (χ0n) is 12.0. The van der Waals surface area contributed by atoms with Crippen molar-refractivity contribution < 1.29 is 17.6 Å². The van der Waals surface area contributed by atoms with E-state index < -0.39 is 21.7 Å². The Morgan fingerprint density at radius 1 is 1.35 bits per heavy atom. The predicted molar refractivity (Wildman–Crippen MR) is 74.2 cm³/mol. The molecule has 1 aromatic carbocycles. The number of sulfonamides is 1. The first-order valence-electron chi connectivity index (χ1n) is 5.99. The standard InChI is InChI=1S/C13H19FN2O3S/c1-13(2,3)8-16(4)12(17)10-7-9(14)5-6-11(10)20(15,18)19/h5-7H,8H2,1-4H3,(H2,15,18,19). The van der Waals surface area contributed by atoms with Gasteiger partial charge < -0.3 is 4.90 Å². The van der Waals surface area contributed by atoms with Gasteiger partial charge in [0.15, 0.2) is 0 Å². The third-order valence-corrected chi connectivity index (χ3v) is 3.51. The third-order valence-electron chi connectivity index (χ3n) is 2.54. The molecule has 0 aliphatic carbocycles. The fourth-order valence-electron chi connectivity index (χ4n) is 1.91. The second kappa shape index (κ2) is 5.49. The molecule has 0 fully saturated rings. The van der Waals surface area contributed by atoms with E-state index in [0.717, 1.165) is 18.2 Å². The fourth-order valence-corrected chi connectivity index (χ4v) is 2.62. The Bertz CT molecular complexity index is 621. The lowest BCUT2D eigenvalue weighted by atomic mass is 9.96. The molecule has 1 rings (SSSR count). The topological polar surface area (TPSA) is 80.5 Å². The van der Waals surface area contributed by atoms with E-state index in [1.807, 2.05) is 20.8 Å². The molecule has 0 aliphatic rings. The number of primary sulfonamides is 1. The van der Waals surface area contributed by atoms with E-state index in [1.54, 1.807) is 0 Å². The number of nitrogens with two attached hydrogens (primary N) is 1. The smallest absolute Gasteiger partial charge is 0.255 e. The fraction of sp³-hybridized carbons (Fsp3) is 0.462. The van der Waals surface area contributed by atoms with E-state index >= 15 is 0 Å². The van der Waals surface area contributed by atoms with Crippen LogP contribution >= 0.6 is 0 Å². The molecule has 0 spiro atoms. The molecule has 0 aliphatic heterocycles. The van der Waals surface area contributed by atoms with E-state index in [-0.39, 0.29) is 15.9 Å². The van der Waals surface area contributed by atoms with Gasteiger partial charge in [0, 0.05) is 13.6 Å². The molecular weight excluding hydrogens is 283 g/mol. The van der Waals surface area contributed by atoms with Crippen molar-refractivity contribution in [2.24, 2.45) is 10.6 Å². The number of carbonyl (C=O) groups excluding carboxylic acids is 1. The lowest BCUT2D eigenvalue weighted by Gasteiger charge is -2.27. The summed E-state index contributed by atoms with van der Waals surface area (Å²) in [5.74, 6) is -1.27. The van der Waals surface area contributed by atoms with Crippen LogP contribution in [0.4, 0.5) is 4.39 Å². The zero-order chi connectivity index (χ0) is 15.7. The second-order valence-corrected chi connectivity index (χ2v) is 7.44. The van der Waals surface area contributed by atoms with Crippen molar-refractivity contribution in [2.75, 3.05) is 13.6 Å². The van der Waals surface area contributed by atoms with Gasteiger partial charge >= 0.3 is 0 Å². The molecule has 2 N–H and O–H groups in total. The average Bonchev–Trinajstić information content (AvgIpc) is 2.23. The van der Waals surface area contributed by atoms with E-state index in [9.17, 15) is 17.6 Å². The largest absolute Gasteiger partial charge is 0.341 e. The summed E-state index contributed by atoms with van der Waals surface area (Å²) in [6.45, 7) is 6.20. The minimum absolute atomic E-state index is 0.167. The lowest BCUT2D eigenvalue weighted by Crippen LogP contribution is -2.35. The molecule has 0 heterocycles. The van der Waals surface area contributed by atoms with Gasteiger partial charge in [-0.05, 0) is 23.6 Å². The molecular formula is C13H19FN2O3S. The van der Waals surface area contributed by atoms with Crippen LogP contribution in [0.1, 0.15) is 31.1 Å². The summed E-state index contributed by atoms with van der Waals surface area (Å²) in [6, 6.07) is 2.85. The number of amides is 1. The summed E-state index contributed by atoms with van der Waals surface area (Å²) in [7, 11) is -2.55. The van der Waals surface area contributed by atoms with Crippen LogP contribution in [0, 0.1) is 11.2 Å². The first-order valence-corrected chi connectivity index (χ1v) is 7.54. The van der Waals surface area contributed by atoms with Crippen LogP contribution in [0.3, 0.4) is 0 Å². The molecule has 7 heteroatoms. The summed E-state index contributed by atoms with van der Waals surface area (Å²) in [6.07, 6.45) is 0. The summed E-state index contributed by atoms with van der Waals surface area (Å²) in [5.41, 5.74) is -0.418. The first-order chi connectivity index (χ1) is 8.92. The van der Waals surface area contributed by atoms with Crippen molar-refractivity contribution in [1.82, 2.24) is 4.90 Å². The molecule has 0 atom stereocenters. The van der Waals surface area contributed by atoms with Crippen molar-refractivity contribution in [3.63, 3.8) is 0 Å². The first kappa shape index (κ1) is 16.6. The highest BCUT2D eigenvalue weighted by Gasteiger charge is 2.25. The van der Waals surface area contributed by atoms with Crippen LogP contribution in [0.2, 0.25) is 0 Å². The van der Waals surface area contributed by atoms with Crippen LogP contribution in [0.25, 0.3) is 0 Å². The van der Waals surface area contributed by atoms with E-state index in [4.69, 9.17) is 5.14 Å². The van der Waals surface area contributed by atoms with Crippen molar-refractivity contribution in [1.29, 1.82) is 0 Å². The van der Waals surface area contributed by atoms with Gasteiger partial charge in [-0.25, -0.2) is 17.9 Å². The summed E-state index contributed by atoms with van der Waals surface area (Å²) in [5, 5.41) is 5.05. The maximum atomic E-state index is 13.3. The molecule has 112 valence electrons. The number of halogens is 1. The Hall–Kier alpha value is -1.47. The average molecular weight is 302 g/mol. The number of hydrogen-bond donors (Lipinski definition) is 1. The normalized spacial score (nSPS) is 12.3. The molecule has 0 saturated heterocycles. The summed E-state index contributed by atoms with van der Waals surface area (Å²) >= 11 is 0. The van der Waals surface area contributed by atoms with Gasteiger partial charge in [0.2, 0.25) is 10.0 Å². The predicted octanol–water partition coefficient (Wildman–Crippen LogP) is 1.59. The van der Waals surface area contributed by atoms with Gasteiger partial charge in [-0.1, -0.05) is 20.8 Å². The number of benzene rings is 1. The highest BCUT2D eigenvalue weighted by atomic mass is 32.2. The van der Waals surface area contributed by atoms with E-state index in [0.29, 0.717) is 6.54 Å². The van der Waals surface area contributed by atoms with Gasteiger partial charge in [-0.15, -0.1) is 0 Å². The maximum absolute atomic E-state index is 13.3. The van der Waals surface area contributed by atoms with Gasteiger partial charge in [0.05, 0.1) is 10.5 Å². The number of rotatable bonds is 3. The molecule has 0 bridgehead atoms. The van der Waals surface area contributed by atoms with E-state index in [1.165, 1.54) is 11.9 Å². The zero-order valence-corrected chi connectivity index (χ0v) is 12.8. The Balaban J connectivity index is 3.25. The number of hydrogen-bond acceptors (Lipinski definition) is 3. The van der Waals surface area contributed by atoms with Crippen molar-refractivity contribution in [3.8, 4) is 0 Å². The van der Waals surface area contributed by atoms with Crippen molar-refractivity contribution >= 4 is 15.9 Å². The van der Waals surface area contributed by atoms with Crippen LogP contribution in [-0.4, -0.2) is 32.8 Å². The van der Waals surface area contributed by atoms with Crippen LogP contribution in [0.5, 0.6) is 0 Å². The lowest BCUT2D eigenvalue weighted by molar-refractivity contribution is 0.0741. The molecule has 0 saturated carbocycles. The number of carbonyl (C=O) groups is 1. The highest BCUT2D eigenvalue weighted by Crippen LogP contribution is 2.20. The molecule has 20 heavy (non-hydrogen) atoms. The Kier molecular flexibility index (Phi) is 4.55. The van der Waals surface area contributed by atoms with Gasteiger partial charge in [0.1, 0.15) is 5.82 Å². The van der Waals surface area contributed by atoms with Gasteiger partial charge in [-0.2, -0.15) is 0 Å². The van der Waals surface area contributed by atoms with Crippen LogP contribution < -0.4 is 5.14 Å². The van der Waals surface area contributed by atoms with Crippen LogP contribution in [0.15, 0.2) is 23.1 Å². The Labute approximate surface area is 118 Å². The molecule has 5 nitrogen and oxygen atoms in total. The van der Waals surface area contributed by atoms with Gasteiger partial charge in [0.25, 0.3) is 5.91 Å². The van der Waals surface area contributed by atoms with Crippen LogP contribution in [-0.2, 0) is 10.0 Å². The number of nitrogens with zero attached hydrogens (tertiary/aromatic N) is 1. The minimum atomic E-state index is -4.09. The molecule has 1 amide bonds. The molecule has 0 aromatic heterocycles. The molecule has 0 radical (unpaired) electrons. The maximum Gasteiger partial charge on any atom is 0.255 e. The highest BCUT2D eigenvalue weighted by molar-refractivity contribution is 7.89. The molecule has 0 unspecified atom stereocenters. The summed E-state index contributed by atoms with van der Waals surface area (Å²) < 4.78 is 36.2. The van der Waals surface area contributed by atoms with Crippen molar-refractivity contribution in [3.05, 3.63) is 29.6 Å². The monoisotopic (exact) mass is 302 g/mol. The quantitative estimate of drug-likeness (QED) is 0.920. The Morgan fingerprint density at radius 3 is 2.35 bits per heavy atom. The third kappa shape index (κ3) is 4.28. The molecule has 1 aromatic rings. The second-order valence-electron chi connectivity index (χ2n) is 5.91. The van der Waals surface area contributed by atoms with Gasteiger partial charge in [-0.3, -0.25) is 4.79 Å². The Morgan fingerprint density at radius 2 is 1.90 bits per heavy atom. The summed E-state index contributed by atoms with van der Waals surface area (Å²) in [4.78, 5) is 13.3.